The molecule has 0 aliphatic rings. The number of nitrogens with two attached hydrogens (primary N) is 1. The molecule has 0 aliphatic heterocycles. The van der Waals surface area contributed by atoms with E-state index >= 15 is 0 Å². The van der Waals surface area contributed by atoms with Crippen molar-refractivity contribution in [2.24, 2.45) is 10.7 Å². The Balaban J connectivity index is 0.000000686. The van der Waals surface area contributed by atoms with E-state index in [4.69, 9.17) is 5.73 Å². The fraction of sp³-hybridized carbons (Fsp3) is 0.333. The molecule has 2 aromatic heterocycles. The van der Waals surface area contributed by atoms with E-state index in [0.29, 0.717) is 17.2 Å². The number of aryl methyl sites for hydroxylation is 1. The molecular weight excluding hydrogens is 214 g/mol. The molecule has 90 valence electrons. The quantitative estimate of drug-likeness (QED) is 0.598. The van der Waals surface area contributed by atoms with Crippen molar-refractivity contribution < 1.29 is 0 Å². The predicted octanol–water partition coefficient (Wildman–Crippen LogP) is 1.69. The zero-order chi connectivity index (χ0) is 12.8. The van der Waals surface area contributed by atoms with Crippen LogP contribution in [0.4, 0.5) is 0 Å². The molecule has 5 heteroatoms. The van der Waals surface area contributed by atoms with Crippen molar-refractivity contribution in [3.63, 3.8) is 0 Å². The molecule has 17 heavy (non-hydrogen) atoms. The molecule has 0 saturated carbocycles. The van der Waals surface area contributed by atoms with Gasteiger partial charge < -0.3 is 5.73 Å². The van der Waals surface area contributed by atoms with Crippen molar-refractivity contribution >= 4 is 17.0 Å². The van der Waals surface area contributed by atoms with Crippen molar-refractivity contribution in [2.75, 3.05) is 7.05 Å². The molecule has 0 unspecified atom stereocenters. The monoisotopic (exact) mass is 231 g/mol. The maximum absolute atomic E-state index is 5.65. The molecule has 2 N–H and O–H groups in total. The van der Waals surface area contributed by atoms with Crippen LogP contribution in [0.3, 0.4) is 0 Å². The molecule has 2 rings (SSSR count). The smallest absolute Gasteiger partial charge is 0.178 e. The number of amidine groups is 1. The highest BCUT2D eigenvalue weighted by Gasteiger charge is 2.03. The third-order valence-corrected chi connectivity index (χ3v) is 2.03. The Morgan fingerprint density at radius 2 is 1.94 bits per heavy atom. The fourth-order valence-electron chi connectivity index (χ4n) is 1.25. The van der Waals surface area contributed by atoms with Gasteiger partial charge in [0.05, 0.1) is 11.9 Å². The van der Waals surface area contributed by atoms with Gasteiger partial charge in [0.25, 0.3) is 0 Å². The van der Waals surface area contributed by atoms with E-state index in [0.717, 1.165) is 11.2 Å². The van der Waals surface area contributed by atoms with Crippen molar-refractivity contribution in [1.82, 2.24) is 15.0 Å². The van der Waals surface area contributed by atoms with E-state index < -0.39 is 0 Å². The van der Waals surface area contributed by atoms with Gasteiger partial charge in [0.15, 0.2) is 5.65 Å². The second kappa shape index (κ2) is 5.89. The molecule has 0 aromatic carbocycles. The zero-order valence-corrected chi connectivity index (χ0v) is 10.6. The minimum absolute atomic E-state index is 0.402. The summed E-state index contributed by atoms with van der Waals surface area (Å²) in [5.74, 6) is 0.402. The van der Waals surface area contributed by atoms with Gasteiger partial charge in [0.1, 0.15) is 17.0 Å². The summed E-state index contributed by atoms with van der Waals surface area (Å²) in [5, 5.41) is 0. The first-order valence-electron chi connectivity index (χ1n) is 5.54. The number of hydrogen-bond acceptors (Lipinski definition) is 4. The van der Waals surface area contributed by atoms with Crippen LogP contribution in [0.25, 0.3) is 11.2 Å². The molecule has 0 bridgehead atoms. The number of aliphatic imine (C=N–C) groups is 1. The number of fused-ring (bicyclic) bond motifs is 1. The summed E-state index contributed by atoms with van der Waals surface area (Å²) < 4.78 is 0. The summed E-state index contributed by atoms with van der Waals surface area (Å²) in [5.41, 5.74) is 8.51. The number of hydrogen-bond donors (Lipinski definition) is 1. The molecule has 0 fully saturated rings. The minimum atomic E-state index is 0.402. The Hall–Kier alpha value is -2.04. The highest BCUT2D eigenvalue weighted by molar-refractivity contribution is 5.96. The second-order valence-electron chi connectivity index (χ2n) is 3.16. The summed E-state index contributed by atoms with van der Waals surface area (Å²) in [6.07, 6.45) is 1.68. The van der Waals surface area contributed by atoms with Gasteiger partial charge in [0, 0.05) is 7.05 Å². The lowest BCUT2D eigenvalue weighted by atomic mass is 10.3. The van der Waals surface area contributed by atoms with E-state index in [1.165, 1.54) is 0 Å². The largest absolute Gasteiger partial charge is 0.382 e. The van der Waals surface area contributed by atoms with Gasteiger partial charge in [-0.05, 0) is 19.1 Å². The standard InChI is InChI=1S/C10H11N5.C2H6/c1-6-5-13-10-8(14-6)4-3-7(15-10)9(11)12-2;1-2/h3-5H,1-2H3,(H2,11,12);1-2H3. The van der Waals surface area contributed by atoms with Crippen molar-refractivity contribution in [3.05, 3.63) is 29.7 Å². The van der Waals surface area contributed by atoms with E-state index in [2.05, 4.69) is 19.9 Å². The third kappa shape index (κ3) is 2.96. The van der Waals surface area contributed by atoms with Gasteiger partial charge >= 0.3 is 0 Å². The van der Waals surface area contributed by atoms with E-state index in [1.54, 1.807) is 19.3 Å². The lowest BCUT2D eigenvalue weighted by molar-refractivity contribution is 1.14. The number of aromatic nitrogens is 3. The van der Waals surface area contributed by atoms with Crippen molar-refractivity contribution in [2.45, 2.75) is 20.8 Å². The van der Waals surface area contributed by atoms with E-state index in [9.17, 15) is 0 Å². The summed E-state index contributed by atoms with van der Waals surface area (Å²) in [7, 11) is 1.63. The molecule has 2 heterocycles. The average Bonchev–Trinajstić information content (AvgIpc) is 2.39. The molecule has 0 aliphatic carbocycles. The Kier molecular flexibility index (Phi) is 4.51. The first kappa shape index (κ1) is 13.0. The van der Waals surface area contributed by atoms with Crippen LogP contribution in [-0.2, 0) is 0 Å². The molecule has 0 radical (unpaired) electrons. The predicted molar refractivity (Wildman–Crippen MR) is 70.1 cm³/mol. The maximum Gasteiger partial charge on any atom is 0.178 e. The highest BCUT2D eigenvalue weighted by Crippen LogP contribution is 2.07. The fourth-order valence-corrected chi connectivity index (χ4v) is 1.25. The number of pyridine rings is 1. The molecular formula is C12H17N5. The van der Waals surface area contributed by atoms with Crippen LogP contribution in [0, 0.1) is 6.92 Å². The minimum Gasteiger partial charge on any atom is -0.382 e. The molecule has 0 saturated heterocycles. The van der Waals surface area contributed by atoms with E-state index in [-0.39, 0.29) is 0 Å². The van der Waals surface area contributed by atoms with Crippen LogP contribution in [0.1, 0.15) is 25.2 Å². The number of rotatable bonds is 1. The first-order valence-corrected chi connectivity index (χ1v) is 5.54. The second-order valence-corrected chi connectivity index (χ2v) is 3.16. The van der Waals surface area contributed by atoms with Gasteiger partial charge in [-0.2, -0.15) is 0 Å². The highest BCUT2D eigenvalue weighted by atomic mass is 14.9. The van der Waals surface area contributed by atoms with Crippen LogP contribution in [0.5, 0.6) is 0 Å². The Bertz CT molecular complexity index is 533. The Labute approximate surface area is 101 Å². The Morgan fingerprint density at radius 1 is 1.24 bits per heavy atom. The summed E-state index contributed by atoms with van der Waals surface area (Å²) >= 11 is 0. The van der Waals surface area contributed by atoms with Gasteiger partial charge in [-0.1, -0.05) is 13.8 Å². The molecule has 0 atom stereocenters. The SMILES string of the molecule is CC.CN=C(N)c1ccc2nc(C)cnc2n1. The summed E-state index contributed by atoms with van der Waals surface area (Å²) in [4.78, 5) is 16.6. The van der Waals surface area contributed by atoms with Gasteiger partial charge in [0.2, 0.25) is 0 Å². The molecule has 0 spiro atoms. The Morgan fingerprint density at radius 3 is 2.59 bits per heavy atom. The van der Waals surface area contributed by atoms with Gasteiger partial charge in [-0.25, -0.2) is 15.0 Å². The maximum atomic E-state index is 5.65. The van der Waals surface area contributed by atoms with E-state index in [1.807, 2.05) is 26.8 Å². The first-order chi connectivity index (χ1) is 8.20. The van der Waals surface area contributed by atoms with Crippen molar-refractivity contribution in [1.29, 1.82) is 0 Å². The van der Waals surface area contributed by atoms with Gasteiger partial charge in [-0.3, -0.25) is 4.99 Å². The van der Waals surface area contributed by atoms with Crippen LogP contribution < -0.4 is 5.73 Å². The summed E-state index contributed by atoms with van der Waals surface area (Å²) in [6.45, 7) is 5.89. The lowest BCUT2D eigenvalue weighted by Crippen LogP contribution is -2.15. The summed E-state index contributed by atoms with van der Waals surface area (Å²) in [6, 6.07) is 3.63. The van der Waals surface area contributed by atoms with Gasteiger partial charge in [-0.15, -0.1) is 0 Å². The molecule has 0 amide bonds. The average molecular weight is 231 g/mol. The van der Waals surface area contributed by atoms with Crippen LogP contribution >= 0.6 is 0 Å². The number of nitrogens with zero attached hydrogens (tertiary/aromatic N) is 4. The van der Waals surface area contributed by atoms with Crippen LogP contribution in [-0.4, -0.2) is 27.8 Å². The third-order valence-electron chi connectivity index (χ3n) is 2.03. The van der Waals surface area contributed by atoms with Crippen LogP contribution in [0.2, 0.25) is 0 Å². The van der Waals surface area contributed by atoms with Crippen molar-refractivity contribution in [3.8, 4) is 0 Å². The zero-order valence-electron chi connectivity index (χ0n) is 10.6. The molecule has 5 nitrogen and oxygen atoms in total. The lowest BCUT2D eigenvalue weighted by Gasteiger charge is -2.01. The topological polar surface area (TPSA) is 77.0 Å². The van der Waals surface area contributed by atoms with Crippen LogP contribution in [0.15, 0.2) is 23.3 Å². The molecule has 2 aromatic rings. The normalized spacial score (nSPS) is 10.9.